The van der Waals surface area contributed by atoms with Crippen LogP contribution in [0.3, 0.4) is 0 Å². The van der Waals surface area contributed by atoms with Crippen molar-refractivity contribution in [1.29, 1.82) is 0 Å². The molecular formula is C9H8OS. The van der Waals surface area contributed by atoms with Crippen molar-refractivity contribution in [1.82, 2.24) is 0 Å². The molecule has 0 aliphatic carbocycles. The van der Waals surface area contributed by atoms with Gasteiger partial charge in [0.2, 0.25) is 0 Å². The van der Waals surface area contributed by atoms with Crippen LogP contribution in [-0.2, 0) is 4.79 Å². The van der Waals surface area contributed by atoms with Crippen LogP contribution in [-0.4, -0.2) is 6.29 Å². The zero-order valence-corrected chi connectivity index (χ0v) is 6.86. The highest BCUT2D eigenvalue weighted by molar-refractivity contribution is 7.10. The first kappa shape index (κ1) is 8.03. The van der Waals surface area contributed by atoms with Crippen LogP contribution >= 0.6 is 11.3 Å². The second-order valence-electron chi connectivity index (χ2n) is 1.98. The van der Waals surface area contributed by atoms with Gasteiger partial charge in [-0.1, -0.05) is 17.9 Å². The third kappa shape index (κ3) is 3.01. The first-order valence-corrected chi connectivity index (χ1v) is 4.27. The zero-order valence-electron chi connectivity index (χ0n) is 6.04. The Labute approximate surface area is 70.1 Å². The average molecular weight is 164 g/mol. The van der Waals surface area contributed by atoms with Crippen LogP contribution < -0.4 is 0 Å². The van der Waals surface area contributed by atoms with Crippen molar-refractivity contribution in [3.63, 3.8) is 0 Å². The number of thiophene rings is 1. The van der Waals surface area contributed by atoms with E-state index in [1.807, 2.05) is 17.5 Å². The van der Waals surface area contributed by atoms with Crippen LogP contribution in [0.15, 0.2) is 17.5 Å². The fourth-order valence-electron chi connectivity index (χ4n) is 0.630. The minimum absolute atomic E-state index is 0.540. The van der Waals surface area contributed by atoms with Gasteiger partial charge in [0.25, 0.3) is 0 Å². The quantitative estimate of drug-likeness (QED) is 0.371. The van der Waals surface area contributed by atoms with Gasteiger partial charge >= 0.3 is 0 Å². The predicted molar refractivity (Wildman–Crippen MR) is 46.5 cm³/mol. The summed E-state index contributed by atoms with van der Waals surface area (Å²) in [4.78, 5) is 11.0. The summed E-state index contributed by atoms with van der Waals surface area (Å²) in [7, 11) is 0. The molecule has 1 aromatic heterocycles. The molecule has 0 saturated carbocycles. The molecule has 0 spiro atoms. The number of hydrogen-bond acceptors (Lipinski definition) is 2. The van der Waals surface area contributed by atoms with Crippen molar-refractivity contribution in [2.75, 3.05) is 0 Å². The van der Waals surface area contributed by atoms with Gasteiger partial charge in [-0.25, -0.2) is 0 Å². The Kier molecular flexibility index (Phi) is 3.43. The molecule has 11 heavy (non-hydrogen) atoms. The number of carbonyl (C=O) groups excluding carboxylic acids is 1. The first-order chi connectivity index (χ1) is 5.43. The lowest BCUT2D eigenvalue weighted by Gasteiger charge is -1.76. The van der Waals surface area contributed by atoms with Crippen molar-refractivity contribution in [3.8, 4) is 11.8 Å². The van der Waals surface area contributed by atoms with Crippen molar-refractivity contribution < 1.29 is 4.79 Å². The predicted octanol–water partition coefficient (Wildman–Crippen LogP) is 2.08. The molecule has 1 aromatic rings. The summed E-state index contributed by atoms with van der Waals surface area (Å²) < 4.78 is 0. The van der Waals surface area contributed by atoms with E-state index in [2.05, 4.69) is 11.8 Å². The fourth-order valence-corrected chi connectivity index (χ4v) is 1.22. The maximum atomic E-state index is 9.90. The van der Waals surface area contributed by atoms with Crippen molar-refractivity contribution in [2.45, 2.75) is 12.8 Å². The molecule has 1 heterocycles. The van der Waals surface area contributed by atoms with Crippen molar-refractivity contribution in [2.24, 2.45) is 0 Å². The molecule has 0 atom stereocenters. The maximum Gasteiger partial charge on any atom is 0.120 e. The Morgan fingerprint density at radius 2 is 2.55 bits per heavy atom. The molecule has 0 saturated heterocycles. The normalized spacial score (nSPS) is 8.36. The van der Waals surface area contributed by atoms with Crippen molar-refractivity contribution in [3.05, 3.63) is 22.4 Å². The van der Waals surface area contributed by atoms with Gasteiger partial charge in [-0.3, -0.25) is 0 Å². The Morgan fingerprint density at radius 1 is 1.64 bits per heavy atom. The Balaban J connectivity index is 2.39. The highest BCUT2D eigenvalue weighted by atomic mass is 32.1. The molecule has 1 rings (SSSR count). The minimum Gasteiger partial charge on any atom is -0.303 e. The topological polar surface area (TPSA) is 17.1 Å². The van der Waals surface area contributed by atoms with E-state index in [1.165, 1.54) is 0 Å². The van der Waals surface area contributed by atoms with Crippen LogP contribution in [0.1, 0.15) is 17.7 Å². The summed E-state index contributed by atoms with van der Waals surface area (Å²) in [6, 6.07) is 3.94. The Morgan fingerprint density at radius 3 is 3.18 bits per heavy atom. The van der Waals surface area contributed by atoms with Gasteiger partial charge in [-0.15, -0.1) is 11.3 Å². The van der Waals surface area contributed by atoms with E-state index in [0.29, 0.717) is 12.8 Å². The zero-order chi connectivity index (χ0) is 7.94. The van der Waals surface area contributed by atoms with E-state index in [9.17, 15) is 4.79 Å². The standard InChI is InChI=1S/C9H8OS/c10-7-3-1-2-5-9-6-4-8-11-9/h4,6-8H,1,3H2. The summed E-state index contributed by atoms with van der Waals surface area (Å²) >= 11 is 1.62. The van der Waals surface area contributed by atoms with Gasteiger partial charge in [-0.2, -0.15) is 0 Å². The molecule has 0 aliphatic heterocycles. The molecule has 0 amide bonds. The molecule has 0 aliphatic rings. The molecule has 2 heteroatoms. The average Bonchev–Trinajstić information content (AvgIpc) is 2.50. The first-order valence-electron chi connectivity index (χ1n) is 3.39. The number of rotatable bonds is 2. The lowest BCUT2D eigenvalue weighted by molar-refractivity contribution is -0.107. The van der Waals surface area contributed by atoms with Gasteiger partial charge in [0.05, 0.1) is 4.88 Å². The monoisotopic (exact) mass is 164 g/mol. The van der Waals surface area contributed by atoms with Gasteiger partial charge in [0.15, 0.2) is 0 Å². The summed E-state index contributed by atoms with van der Waals surface area (Å²) in [5.74, 6) is 5.89. The number of hydrogen-bond donors (Lipinski definition) is 0. The van der Waals surface area contributed by atoms with Crippen LogP contribution in [0, 0.1) is 11.8 Å². The molecule has 0 unspecified atom stereocenters. The SMILES string of the molecule is O=CCCC#Cc1cccs1. The van der Waals surface area contributed by atoms with E-state index < -0.39 is 0 Å². The molecule has 0 aromatic carbocycles. The van der Waals surface area contributed by atoms with Crippen molar-refractivity contribution >= 4 is 17.6 Å². The maximum absolute atomic E-state index is 9.90. The molecule has 0 radical (unpaired) electrons. The second kappa shape index (κ2) is 4.70. The van der Waals surface area contributed by atoms with Gasteiger partial charge in [-0.05, 0) is 11.4 Å². The van der Waals surface area contributed by atoms with E-state index in [-0.39, 0.29) is 0 Å². The molecular weight excluding hydrogens is 156 g/mol. The van der Waals surface area contributed by atoms with E-state index in [0.717, 1.165) is 11.2 Å². The summed E-state index contributed by atoms with van der Waals surface area (Å²) in [5.41, 5.74) is 0. The minimum atomic E-state index is 0.540. The summed E-state index contributed by atoms with van der Waals surface area (Å²) in [5, 5.41) is 1.99. The van der Waals surface area contributed by atoms with Crippen LogP contribution in [0.4, 0.5) is 0 Å². The molecule has 1 nitrogen and oxygen atoms in total. The van der Waals surface area contributed by atoms with Gasteiger partial charge < -0.3 is 4.79 Å². The summed E-state index contributed by atoms with van der Waals surface area (Å²) in [6.07, 6.45) is 2.10. The smallest absolute Gasteiger partial charge is 0.120 e. The highest BCUT2D eigenvalue weighted by Gasteiger charge is 1.83. The lowest BCUT2D eigenvalue weighted by atomic mass is 10.3. The van der Waals surface area contributed by atoms with E-state index >= 15 is 0 Å². The number of unbranched alkanes of at least 4 members (excludes halogenated alkanes) is 1. The van der Waals surface area contributed by atoms with E-state index in [4.69, 9.17) is 0 Å². The van der Waals surface area contributed by atoms with Crippen LogP contribution in [0.2, 0.25) is 0 Å². The van der Waals surface area contributed by atoms with E-state index in [1.54, 1.807) is 11.3 Å². The van der Waals surface area contributed by atoms with Crippen LogP contribution in [0.5, 0.6) is 0 Å². The van der Waals surface area contributed by atoms with Crippen LogP contribution in [0.25, 0.3) is 0 Å². The second-order valence-corrected chi connectivity index (χ2v) is 2.93. The third-order valence-corrected chi connectivity index (χ3v) is 1.91. The fraction of sp³-hybridized carbons (Fsp3) is 0.222. The largest absolute Gasteiger partial charge is 0.303 e. The third-order valence-electron chi connectivity index (χ3n) is 1.12. The lowest BCUT2D eigenvalue weighted by Crippen LogP contribution is -1.70. The Hall–Kier alpha value is -1.07. The van der Waals surface area contributed by atoms with Gasteiger partial charge in [0, 0.05) is 12.8 Å². The highest BCUT2D eigenvalue weighted by Crippen LogP contribution is 2.05. The van der Waals surface area contributed by atoms with Gasteiger partial charge in [0.1, 0.15) is 6.29 Å². The summed E-state index contributed by atoms with van der Waals surface area (Å²) in [6.45, 7) is 0. The molecule has 0 fully saturated rings. The molecule has 0 N–H and O–H groups in total. The Bertz CT molecular complexity index is 263. The molecule has 56 valence electrons. The number of aldehydes is 1. The molecule has 0 bridgehead atoms. The number of carbonyl (C=O) groups is 1.